The molecule has 5 nitrogen and oxygen atoms in total. The van der Waals surface area contributed by atoms with Crippen LogP contribution in [0.25, 0.3) is 0 Å². The van der Waals surface area contributed by atoms with Crippen LogP contribution in [0, 0.1) is 6.92 Å². The summed E-state index contributed by atoms with van der Waals surface area (Å²) in [7, 11) is 0. The number of aryl methyl sites for hydroxylation is 1. The van der Waals surface area contributed by atoms with E-state index in [1.165, 1.54) is 19.9 Å². The molecule has 0 bridgehead atoms. The average molecular weight is 448 g/mol. The molecule has 0 fully saturated rings. The van der Waals surface area contributed by atoms with E-state index in [1.54, 1.807) is 9.80 Å². The number of halogens is 3. The summed E-state index contributed by atoms with van der Waals surface area (Å²) in [6.45, 7) is 4.31. The number of benzene rings is 1. The zero-order chi connectivity index (χ0) is 23.3. The maximum absolute atomic E-state index is 13.3. The summed E-state index contributed by atoms with van der Waals surface area (Å²) >= 11 is 0. The number of carbonyl (C=O) groups excluding carboxylic acids is 2. The Balaban J connectivity index is 1.95. The fourth-order valence-corrected chi connectivity index (χ4v) is 4.03. The largest absolute Gasteiger partial charge is 0.433 e. The molecule has 0 N–H and O–H groups in total. The number of alkyl halides is 3. The number of aromatic nitrogens is 1. The average Bonchev–Trinajstić information content (AvgIpc) is 2.73. The summed E-state index contributed by atoms with van der Waals surface area (Å²) in [5, 5.41) is 0. The SMILES string of the molecule is CC(=O)N1CCCCCCCN(C(=O)c2ccc(C(F)(F)F)nc2C)Cc2ccccc21. The van der Waals surface area contributed by atoms with Gasteiger partial charge < -0.3 is 9.80 Å². The molecule has 1 aliphatic heterocycles. The van der Waals surface area contributed by atoms with Gasteiger partial charge in [-0.1, -0.05) is 37.5 Å². The monoisotopic (exact) mass is 447 g/mol. The predicted molar refractivity (Wildman–Crippen MR) is 116 cm³/mol. The summed E-state index contributed by atoms with van der Waals surface area (Å²) in [6.07, 6.45) is 0.0765. The number of hydrogen-bond acceptors (Lipinski definition) is 3. The van der Waals surface area contributed by atoms with Crippen molar-refractivity contribution in [1.82, 2.24) is 9.88 Å². The summed E-state index contributed by atoms with van der Waals surface area (Å²) in [5.74, 6) is -0.417. The van der Waals surface area contributed by atoms with Crippen molar-refractivity contribution in [3.8, 4) is 0 Å². The van der Waals surface area contributed by atoms with Crippen LogP contribution in [-0.2, 0) is 17.5 Å². The standard InChI is InChI=1S/C24H28F3N3O2/c1-17-20(12-13-22(28-17)24(25,26)27)23(32)29-14-8-4-3-5-9-15-30(18(2)31)21-11-7-6-10-19(21)16-29/h6-7,10-13H,3-5,8-9,14-16H2,1-2H3. The number of hydrogen-bond donors (Lipinski definition) is 0. The van der Waals surface area contributed by atoms with Gasteiger partial charge in [-0.3, -0.25) is 9.59 Å². The molecule has 0 saturated heterocycles. The summed E-state index contributed by atoms with van der Waals surface area (Å²) < 4.78 is 39.0. The summed E-state index contributed by atoms with van der Waals surface area (Å²) in [6, 6.07) is 9.53. The normalized spacial score (nSPS) is 16.0. The zero-order valence-corrected chi connectivity index (χ0v) is 18.4. The number of pyridine rings is 1. The molecule has 3 rings (SSSR count). The maximum Gasteiger partial charge on any atom is 0.433 e. The molecule has 0 spiro atoms. The van der Waals surface area contributed by atoms with Gasteiger partial charge in [-0.15, -0.1) is 0 Å². The quantitative estimate of drug-likeness (QED) is 0.591. The minimum atomic E-state index is -4.56. The molecular formula is C24H28F3N3O2. The molecule has 0 unspecified atom stereocenters. The van der Waals surface area contributed by atoms with Crippen molar-refractivity contribution in [2.75, 3.05) is 18.0 Å². The maximum atomic E-state index is 13.3. The number of nitrogens with zero attached hydrogens (tertiary/aromatic N) is 3. The van der Waals surface area contributed by atoms with E-state index in [9.17, 15) is 22.8 Å². The lowest BCUT2D eigenvalue weighted by Crippen LogP contribution is -2.35. The highest BCUT2D eigenvalue weighted by Gasteiger charge is 2.33. The number of para-hydroxylation sites is 1. The van der Waals surface area contributed by atoms with E-state index in [0.29, 0.717) is 13.1 Å². The van der Waals surface area contributed by atoms with Crippen LogP contribution in [0.5, 0.6) is 0 Å². The van der Waals surface area contributed by atoms with E-state index >= 15 is 0 Å². The minimum Gasteiger partial charge on any atom is -0.334 e. The minimum absolute atomic E-state index is 0.0505. The van der Waals surface area contributed by atoms with E-state index < -0.39 is 11.9 Å². The lowest BCUT2D eigenvalue weighted by Gasteiger charge is -2.29. The third-order valence-electron chi connectivity index (χ3n) is 5.73. The van der Waals surface area contributed by atoms with Crippen molar-refractivity contribution in [3.63, 3.8) is 0 Å². The first-order valence-corrected chi connectivity index (χ1v) is 10.9. The smallest absolute Gasteiger partial charge is 0.334 e. The van der Waals surface area contributed by atoms with Crippen LogP contribution in [0.4, 0.5) is 18.9 Å². The Morgan fingerprint density at radius 1 is 0.938 bits per heavy atom. The first-order chi connectivity index (χ1) is 15.2. The lowest BCUT2D eigenvalue weighted by molar-refractivity contribution is -0.141. The molecule has 8 heteroatoms. The van der Waals surface area contributed by atoms with E-state index in [-0.39, 0.29) is 29.6 Å². The van der Waals surface area contributed by atoms with Crippen LogP contribution >= 0.6 is 0 Å². The van der Waals surface area contributed by atoms with Gasteiger partial charge in [0.05, 0.1) is 11.3 Å². The van der Waals surface area contributed by atoms with Gasteiger partial charge in [-0.25, -0.2) is 4.98 Å². The van der Waals surface area contributed by atoms with Gasteiger partial charge in [0.2, 0.25) is 5.91 Å². The Morgan fingerprint density at radius 2 is 1.59 bits per heavy atom. The molecule has 2 aromatic rings. The Bertz CT molecular complexity index is 975. The Labute approximate surface area is 186 Å². The van der Waals surface area contributed by atoms with E-state index in [4.69, 9.17) is 0 Å². The van der Waals surface area contributed by atoms with Crippen LogP contribution in [0.2, 0.25) is 0 Å². The van der Waals surface area contributed by atoms with Gasteiger partial charge >= 0.3 is 6.18 Å². The van der Waals surface area contributed by atoms with E-state index in [1.807, 2.05) is 24.3 Å². The van der Waals surface area contributed by atoms with Crippen molar-refractivity contribution >= 4 is 17.5 Å². The van der Waals surface area contributed by atoms with Gasteiger partial charge in [-0.2, -0.15) is 13.2 Å². The van der Waals surface area contributed by atoms with Gasteiger partial charge in [0.15, 0.2) is 0 Å². The molecule has 32 heavy (non-hydrogen) atoms. The van der Waals surface area contributed by atoms with Crippen LogP contribution in [0.15, 0.2) is 36.4 Å². The first kappa shape index (κ1) is 23.8. The molecule has 1 aromatic carbocycles. The highest BCUT2D eigenvalue weighted by molar-refractivity contribution is 5.96. The van der Waals surface area contributed by atoms with Gasteiger partial charge in [0.25, 0.3) is 5.91 Å². The second kappa shape index (κ2) is 10.1. The predicted octanol–water partition coefficient (Wildman–Crippen LogP) is 5.37. The molecule has 2 heterocycles. The molecule has 0 saturated carbocycles. The number of anilines is 1. The lowest BCUT2D eigenvalue weighted by atomic mass is 10.1. The molecule has 172 valence electrons. The number of fused-ring (bicyclic) bond motifs is 1. The topological polar surface area (TPSA) is 53.5 Å². The highest BCUT2D eigenvalue weighted by atomic mass is 19.4. The van der Waals surface area contributed by atoms with Gasteiger partial charge in [0, 0.05) is 32.2 Å². The Hall–Kier alpha value is -2.90. The van der Waals surface area contributed by atoms with Crippen LogP contribution < -0.4 is 4.90 Å². The highest BCUT2D eigenvalue weighted by Crippen LogP contribution is 2.29. The fraction of sp³-hybridized carbons (Fsp3) is 0.458. The molecular weight excluding hydrogens is 419 g/mol. The Morgan fingerprint density at radius 3 is 2.25 bits per heavy atom. The van der Waals surface area contributed by atoms with Crippen LogP contribution in [0.1, 0.15) is 66.3 Å². The van der Waals surface area contributed by atoms with Crippen molar-refractivity contribution in [2.45, 2.75) is 58.7 Å². The van der Waals surface area contributed by atoms with Crippen LogP contribution in [-0.4, -0.2) is 34.8 Å². The second-order valence-electron chi connectivity index (χ2n) is 8.12. The second-order valence-corrected chi connectivity index (χ2v) is 8.12. The zero-order valence-electron chi connectivity index (χ0n) is 18.4. The van der Waals surface area contributed by atoms with E-state index in [2.05, 4.69) is 4.98 Å². The van der Waals surface area contributed by atoms with E-state index in [0.717, 1.165) is 49.4 Å². The van der Waals surface area contributed by atoms with Crippen LogP contribution in [0.3, 0.4) is 0 Å². The molecule has 0 atom stereocenters. The molecule has 1 aromatic heterocycles. The molecule has 0 radical (unpaired) electrons. The fourth-order valence-electron chi connectivity index (χ4n) is 4.03. The van der Waals surface area contributed by atoms with Crippen molar-refractivity contribution in [1.29, 1.82) is 0 Å². The number of amides is 2. The Kier molecular flexibility index (Phi) is 7.53. The molecule has 2 amide bonds. The van der Waals surface area contributed by atoms with Crippen molar-refractivity contribution in [2.24, 2.45) is 0 Å². The summed E-state index contributed by atoms with van der Waals surface area (Å²) in [4.78, 5) is 32.7. The molecule has 1 aliphatic rings. The van der Waals surface area contributed by atoms with Gasteiger partial charge in [-0.05, 0) is 43.5 Å². The van der Waals surface area contributed by atoms with Crippen molar-refractivity contribution in [3.05, 3.63) is 58.9 Å². The molecule has 0 aliphatic carbocycles. The van der Waals surface area contributed by atoms with Gasteiger partial charge in [0.1, 0.15) is 5.69 Å². The third-order valence-corrected chi connectivity index (χ3v) is 5.73. The summed E-state index contributed by atoms with van der Waals surface area (Å²) in [5.41, 5.74) is 0.790. The third kappa shape index (κ3) is 5.66. The number of carbonyl (C=O) groups is 2. The number of rotatable bonds is 1. The first-order valence-electron chi connectivity index (χ1n) is 10.9. The van der Waals surface area contributed by atoms with Crippen molar-refractivity contribution < 1.29 is 22.8 Å².